The molecule has 0 heterocycles. The predicted molar refractivity (Wildman–Crippen MR) is 238 cm³/mol. The number of nitrogens with two attached hydrogens (primary N) is 1. The van der Waals surface area contributed by atoms with Gasteiger partial charge >= 0.3 is 13.8 Å². The smallest absolute Gasteiger partial charge is 0.457 e. The highest BCUT2D eigenvalue weighted by molar-refractivity contribution is 7.47. The van der Waals surface area contributed by atoms with Crippen molar-refractivity contribution in [1.82, 2.24) is 0 Å². The molecule has 0 radical (unpaired) electrons. The van der Waals surface area contributed by atoms with Crippen molar-refractivity contribution >= 4 is 13.8 Å². The van der Waals surface area contributed by atoms with Crippen LogP contribution in [0.25, 0.3) is 0 Å². The van der Waals surface area contributed by atoms with Crippen LogP contribution in [0, 0.1) is 0 Å². The molecule has 0 rings (SSSR count). The fourth-order valence-electron chi connectivity index (χ4n) is 6.11. The van der Waals surface area contributed by atoms with Crippen LogP contribution in [0.1, 0.15) is 194 Å². The summed E-state index contributed by atoms with van der Waals surface area (Å²) in [5, 5.41) is 0. The average molecular weight is 808 g/mol. The van der Waals surface area contributed by atoms with Gasteiger partial charge in [0.1, 0.15) is 6.10 Å². The predicted octanol–water partition coefficient (Wildman–Crippen LogP) is 13.8. The molecular formula is C47H86NO7P. The van der Waals surface area contributed by atoms with Gasteiger partial charge in [-0.2, -0.15) is 0 Å². The number of esters is 1. The number of phosphoric acid groups is 1. The molecule has 0 aromatic rings. The molecule has 9 heteroatoms. The van der Waals surface area contributed by atoms with Gasteiger partial charge in [-0.25, -0.2) is 4.57 Å². The van der Waals surface area contributed by atoms with Crippen molar-refractivity contribution in [2.24, 2.45) is 5.73 Å². The number of hydrogen-bond donors (Lipinski definition) is 2. The third kappa shape index (κ3) is 43.3. The van der Waals surface area contributed by atoms with Crippen molar-refractivity contribution < 1.29 is 32.8 Å². The van der Waals surface area contributed by atoms with E-state index in [0.29, 0.717) is 13.0 Å². The summed E-state index contributed by atoms with van der Waals surface area (Å²) in [6.07, 6.45) is 54.1. The van der Waals surface area contributed by atoms with Gasteiger partial charge in [-0.15, -0.1) is 0 Å². The van der Waals surface area contributed by atoms with E-state index in [-0.39, 0.29) is 32.3 Å². The minimum atomic E-state index is -4.29. The lowest BCUT2D eigenvalue weighted by Crippen LogP contribution is -2.28. The fraction of sp³-hybridized carbons (Fsp3) is 0.766. The number of hydrogen-bond acceptors (Lipinski definition) is 7. The van der Waals surface area contributed by atoms with Crippen molar-refractivity contribution in [3.8, 4) is 0 Å². The molecule has 8 nitrogen and oxygen atoms in total. The topological polar surface area (TPSA) is 117 Å². The Morgan fingerprint density at radius 3 is 1.52 bits per heavy atom. The summed E-state index contributed by atoms with van der Waals surface area (Å²) in [5.74, 6) is -0.350. The Kier molecular flexibility index (Phi) is 42.9. The summed E-state index contributed by atoms with van der Waals surface area (Å²) in [6, 6.07) is 0. The van der Waals surface area contributed by atoms with Crippen LogP contribution in [0.2, 0.25) is 0 Å². The van der Waals surface area contributed by atoms with Crippen LogP contribution in [-0.2, 0) is 27.9 Å². The van der Waals surface area contributed by atoms with E-state index < -0.39 is 13.9 Å². The maximum Gasteiger partial charge on any atom is 0.472 e. The highest BCUT2D eigenvalue weighted by Crippen LogP contribution is 2.43. The molecular weight excluding hydrogens is 721 g/mol. The monoisotopic (exact) mass is 808 g/mol. The summed E-state index contributed by atoms with van der Waals surface area (Å²) in [7, 11) is -4.29. The first-order chi connectivity index (χ1) is 27.4. The Bertz CT molecular complexity index is 1040. The standard InChI is InChI=1S/C47H86NO7P/c1-3-5-7-9-11-13-15-17-19-20-21-22-23-24-25-26-27-28-30-32-34-36-38-40-47(49)55-46(45-54-56(50,51)53-43-41-48)44-52-42-39-37-35-33-31-29-18-16-14-12-10-8-6-4-2/h6,8,12,14,18,20-21,29,33,35,46H,3-5,7,9-11,13,15-17,19,22-28,30-32,34,36-45,48H2,1-2H3,(H,50,51)/b8-6-,14-12-,21-20-,29-18-,35-33-. The average Bonchev–Trinajstić information content (AvgIpc) is 3.19. The molecule has 326 valence electrons. The Morgan fingerprint density at radius 2 is 1.00 bits per heavy atom. The molecule has 0 fully saturated rings. The van der Waals surface area contributed by atoms with Crippen LogP contribution in [0.15, 0.2) is 60.8 Å². The number of phosphoric ester groups is 1. The molecule has 0 aliphatic rings. The molecule has 0 aliphatic heterocycles. The minimum absolute atomic E-state index is 0.0767. The summed E-state index contributed by atoms with van der Waals surface area (Å²) in [4.78, 5) is 22.5. The Morgan fingerprint density at radius 1 is 0.554 bits per heavy atom. The molecule has 0 spiro atoms. The van der Waals surface area contributed by atoms with Crippen LogP contribution in [-0.4, -0.2) is 49.9 Å². The van der Waals surface area contributed by atoms with Crippen LogP contribution < -0.4 is 5.73 Å². The van der Waals surface area contributed by atoms with Gasteiger partial charge in [0.05, 0.1) is 19.8 Å². The molecule has 0 amide bonds. The lowest BCUT2D eigenvalue weighted by atomic mass is 10.0. The highest BCUT2D eigenvalue weighted by Gasteiger charge is 2.25. The molecule has 2 unspecified atom stereocenters. The van der Waals surface area contributed by atoms with Crippen molar-refractivity contribution in [3.63, 3.8) is 0 Å². The van der Waals surface area contributed by atoms with Crippen molar-refractivity contribution in [2.45, 2.75) is 200 Å². The molecule has 0 saturated heterocycles. The number of ether oxygens (including phenoxy) is 2. The van der Waals surface area contributed by atoms with Gasteiger partial charge in [-0.3, -0.25) is 13.8 Å². The van der Waals surface area contributed by atoms with E-state index in [4.69, 9.17) is 24.3 Å². The molecule has 0 saturated carbocycles. The zero-order valence-electron chi connectivity index (χ0n) is 36.1. The quantitative estimate of drug-likeness (QED) is 0.0271. The third-order valence-electron chi connectivity index (χ3n) is 9.42. The summed E-state index contributed by atoms with van der Waals surface area (Å²) in [6.45, 7) is 4.66. The van der Waals surface area contributed by atoms with Gasteiger partial charge in [-0.1, -0.05) is 177 Å². The first kappa shape index (κ1) is 54.2. The van der Waals surface area contributed by atoms with E-state index in [1.54, 1.807) is 0 Å². The lowest BCUT2D eigenvalue weighted by Gasteiger charge is -2.20. The second-order valence-electron chi connectivity index (χ2n) is 14.9. The first-order valence-electron chi connectivity index (χ1n) is 22.8. The number of allylic oxidation sites excluding steroid dienone is 10. The van der Waals surface area contributed by atoms with Gasteiger partial charge in [-0.05, 0) is 70.6 Å². The normalized spacial score (nSPS) is 14.0. The first-order valence-corrected chi connectivity index (χ1v) is 24.3. The number of carbonyl (C=O) groups is 1. The zero-order chi connectivity index (χ0) is 40.9. The molecule has 0 aliphatic carbocycles. The van der Waals surface area contributed by atoms with Crippen LogP contribution in [0.3, 0.4) is 0 Å². The lowest BCUT2D eigenvalue weighted by molar-refractivity contribution is -0.154. The number of rotatable bonds is 43. The van der Waals surface area contributed by atoms with Gasteiger partial charge in [0.2, 0.25) is 0 Å². The SMILES string of the molecule is CC/C=C\C/C=C\C/C=C\C/C=C\CCCOCC(COP(=O)(O)OCCN)OC(=O)CCCCCCCCCCCCC/C=C\CCCCCCCCCC. The summed E-state index contributed by atoms with van der Waals surface area (Å²) < 4.78 is 33.4. The molecule has 3 N–H and O–H groups in total. The minimum Gasteiger partial charge on any atom is -0.457 e. The molecule has 0 aromatic carbocycles. The van der Waals surface area contributed by atoms with Crippen LogP contribution in [0.4, 0.5) is 0 Å². The molecule has 56 heavy (non-hydrogen) atoms. The largest absolute Gasteiger partial charge is 0.472 e. The molecule has 0 bridgehead atoms. The third-order valence-corrected chi connectivity index (χ3v) is 10.4. The van der Waals surface area contributed by atoms with Crippen LogP contribution >= 0.6 is 7.82 Å². The molecule has 0 aromatic heterocycles. The van der Waals surface area contributed by atoms with E-state index in [1.165, 1.54) is 116 Å². The second kappa shape index (κ2) is 44.3. The van der Waals surface area contributed by atoms with E-state index in [1.807, 2.05) is 0 Å². The summed E-state index contributed by atoms with van der Waals surface area (Å²) >= 11 is 0. The van der Waals surface area contributed by atoms with Gasteiger partial charge in [0, 0.05) is 19.6 Å². The van der Waals surface area contributed by atoms with Gasteiger partial charge < -0.3 is 20.1 Å². The van der Waals surface area contributed by atoms with Gasteiger partial charge in [0.15, 0.2) is 0 Å². The van der Waals surface area contributed by atoms with E-state index >= 15 is 0 Å². The van der Waals surface area contributed by atoms with Crippen molar-refractivity contribution in [1.29, 1.82) is 0 Å². The second-order valence-corrected chi connectivity index (χ2v) is 16.3. The number of unbranched alkanes of at least 4 members (excludes halogenated alkanes) is 20. The maximum absolute atomic E-state index is 12.6. The Hall–Kier alpha value is -1.80. The van der Waals surface area contributed by atoms with Crippen molar-refractivity contribution in [2.75, 3.05) is 33.0 Å². The fourth-order valence-corrected chi connectivity index (χ4v) is 6.88. The van der Waals surface area contributed by atoms with Crippen molar-refractivity contribution in [3.05, 3.63) is 60.8 Å². The maximum atomic E-state index is 12.6. The van der Waals surface area contributed by atoms with Crippen LogP contribution in [0.5, 0.6) is 0 Å². The molecule has 2 atom stereocenters. The zero-order valence-corrected chi connectivity index (χ0v) is 37.0. The summed E-state index contributed by atoms with van der Waals surface area (Å²) in [5.41, 5.74) is 5.37. The Labute approximate surface area is 344 Å². The van der Waals surface area contributed by atoms with Gasteiger partial charge in [0.25, 0.3) is 0 Å². The van der Waals surface area contributed by atoms with E-state index in [2.05, 4.69) is 74.6 Å². The Balaban J connectivity index is 4.01. The van der Waals surface area contributed by atoms with E-state index in [0.717, 1.165) is 57.8 Å². The highest BCUT2D eigenvalue weighted by atomic mass is 31.2. The number of carbonyl (C=O) groups excluding carboxylic acids is 1. The van der Waals surface area contributed by atoms with E-state index in [9.17, 15) is 14.3 Å².